The first-order valence-electron chi connectivity index (χ1n) is 11.9. The van der Waals surface area contributed by atoms with Gasteiger partial charge in [-0.2, -0.15) is 0 Å². The Morgan fingerprint density at radius 1 is 1.09 bits per heavy atom. The fourth-order valence-corrected chi connectivity index (χ4v) is 4.91. The number of nitrogens with one attached hydrogen (secondary N) is 1. The Kier molecular flexibility index (Phi) is 11.0. The molecule has 0 aliphatic rings. The third-order valence-corrected chi connectivity index (χ3v) is 7.18. The number of hydrogen-bond donors (Lipinski definition) is 1. The first kappa shape index (κ1) is 28.7. The van der Waals surface area contributed by atoms with Crippen LogP contribution < -0.4 is 9.62 Å². The topological polar surface area (TPSA) is 86.8 Å². The number of sulfonamides is 1. The predicted molar refractivity (Wildman–Crippen MR) is 142 cm³/mol. The van der Waals surface area contributed by atoms with Crippen LogP contribution in [0.3, 0.4) is 0 Å². The number of unbranched alkanes of at least 4 members (excludes halogenated alkanes) is 1. The molecule has 2 aromatic carbocycles. The van der Waals surface area contributed by atoms with Gasteiger partial charge in [0.1, 0.15) is 12.6 Å². The van der Waals surface area contributed by atoms with Crippen molar-refractivity contribution >= 4 is 39.1 Å². The number of amides is 2. The van der Waals surface area contributed by atoms with E-state index in [0.29, 0.717) is 35.7 Å². The lowest BCUT2D eigenvalue weighted by atomic mass is 10.1. The quantitative estimate of drug-likeness (QED) is 0.400. The number of rotatable bonds is 13. The highest BCUT2D eigenvalue weighted by atomic mass is 35.5. The zero-order chi connectivity index (χ0) is 26.0. The summed E-state index contributed by atoms with van der Waals surface area (Å²) in [5.74, 6) is -0.671. The van der Waals surface area contributed by atoms with Crippen LogP contribution in [-0.4, -0.2) is 57.1 Å². The summed E-state index contributed by atoms with van der Waals surface area (Å²) in [5, 5.41) is 3.29. The van der Waals surface area contributed by atoms with Crippen molar-refractivity contribution in [2.75, 3.05) is 30.2 Å². The molecule has 0 aliphatic carbocycles. The second kappa shape index (κ2) is 13.5. The highest BCUT2D eigenvalue weighted by Crippen LogP contribution is 2.26. The van der Waals surface area contributed by atoms with Crippen LogP contribution in [0, 0.1) is 6.92 Å². The van der Waals surface area contributed by atoms with Gasteiger partial charge >= 0.3 is 0 Å². The summed E-state index contributed by atoms with van der Waals surface area (Å²) in [6.07, 6.45) is 3.80. The van der Waals surface area contributed by atoms with Crippen LogP contribution in [0.1, 0.15) is 44.2 Å². The number of aryl methyl sites for hydroxylation is 1. The Balaban J connectivity index is 2.37. The van der Waals surface area contributed by atoms with E-state index in [2.05, 4.69) is 5.32 Å². The van der Waals surface area contributed by atoms with E-state index in [1.807, 2.05) is 44.2 Å². The molecule has 2 amide bonds. The average molecular weight is 522 g/mol. The first-order chi connectivity index (χ1) is 16.6. The minimum atomic E-state index is -3.80. The Hall–Kier alpha value is -2.58. The Morgan fingerprint density at radius 3 is 2.37 bits per heavy atom. The largest absolute Gasteiger partial charge is 0.354 e. The molecule has 0 bridgehead atoms. The van der Waals surface area contributed by atoms with Gasteiger partial charge in [0.25, 0.3) is 0 Å². The third kappa shape index (κ3) is 8.54. The van der Waals surface area contributed by atoms with Crippen molar-refractivity contribution in [3.05, 3.63) is 64.7 Å². The lowest BCUT2D eigenvalue weighted by Gasteiger charge is -2.33. The third-order valence-electron chi connectivity index (χ3n) is 5.82. The Bertz CT molecular complexity index is 1090. The van der Waals surface area contributed by atoms with Crippen LogP contribution >= 0.6 is 11.6 Å². The van der Waals surface area contributed by atoms with E-state index in [0.717, 1.165) is 29.0 Å². The van der Waals surface area contributed by atoms with Gasteiger partial charge < -0.3 is 10.2 Å². The van der Waals surface area contributed by atoms with Crippen molar-refractivity contribution in [2.24, 2.45) is 0 Å². The van der Waals surface area contributed by atoms with Crippen LogP contribution in [0.4, 0.5) is 5.69 Å². The van der Waals surface area contributed by atoms with Gasteiger partial charge in [-0.3, -0.25) is 13.9 Å². The van der Waals surface area contributed by atoms with Crippen molar-refractivity contribution in [3.8, 4) is 0 Å². The van der Waals surface area contributed by atoms with Gasteiger partial charge in [-0.1, -0.05) is 68.3 Å². The Morgan fingerprint density at radius 2 is 1.77 bits per heavy atom. The predicted octanol–water partition coefficient (Wildman–Crippen LogP) is 4.18. The van der Waals surface area contributed by atoms with Crippen molar-refractivity contribution in [1.82, 2.24) is 10.2 Å². The maximum atomic E-state index is 13.6. The molecule has 0 saturated carbocycles. The number of benzene rings is 2. The van der Waals surface area contributed by atoms with Gasteiger partial charge in [-0.25, -0.2) is 8.42 Å². The standard InChI is InChI=1S/C26H36ClN3O4S/c1-5-7-16-28-26(32)23(6-2)29(17-15-21-11-9-8-10-12-21)25(31)19-30(35(4,33)34)24-18-22(27)14-13-20(24)3/h8-14,18,23H,5-7,15-17,19H2,1-4H3,(H,28,32). The molecule has 0 fully saturated rings. The molecule has 2 rings (SSSR count). The average Bonchev–Trinajstić information content (AvgIpc) is 2.81. The van der Waals surface area contributed by atoms with Crippen LogP contribution in [-0.2, 0) is 26.0 Å². The van der Waals surface area contributed by atoms with Crippen molar-refractivity contribution in [2.45, 2.75) is 52.5 Å². The summed E-state index contributed by atoms with van der Waals surface area (Å²) in [6, 6.07) is 13.9. The van der Waals surface area contributed by atoms with Crippen LogP contribution in [0.15, 0.2) is 48.5 Å². The molecule has 192 valence electrons. The lowest BCUT2D eigenvalue weighted by Crippen LogP contribution is -2.53. The second-order valence-corrected chi connectivity index (χ2v) is 10.9. The molecule has 7 nitrogen and oxygen atoms in total. The van der Waals surface area contributed by atoms with Gasteiger partial charge in [0, 0.05) is 18.1 Å². The normalized spacial score (nSPS) is 12.1. The van der Waals surface area contributed by atoms with Gasteiger partial charge in [-0.05, 0) is 49.4 Å². The highest BCUT2D eigenvalue weighted by molar-refractivity contribution is 7.92. The molecule has 2 aromatic rings. The number of carbonyl (C=O) groups is 2. The first-order valence-corrected chi connectivity index (χ1v) is 14.2. The number of hydrogen-bond acceptors (Lipinski definition) is 4. The summed E-state index contributed by atoms with van der Waals surface area (Å²) < 4.78 is 26.5. The SMILES string of the molecule is CCCCNC(=O)C(CC)N(CCc1ccccc1)C(=O)CN(c1cc(Cl)ccc1C)S(C)(=O)=O. The monoisotopic (exact) mass is 521 g/mol. The molecule has 0 spiro atoms. The van der Waals surface area contributed by atoms with Gasteiger partial charge in [0.2, 0.25) is 21.8 Å². The molecule has 0 radical (unpaired) electrons. The van der Waals surface area contributed by atoms with E-state index in [4.69, 9.17) is 11.6 Å². The van der Waals surface area contributed by atoms with E-state index in [9.17, 15) is 18.0 Å². The summed E-state index contributed by atoms with van der Waals surface area (Å²) >= 11 is 6.13. The van der Waals surface area contributed by atoms with Crippen molar-refractivity contribution in [3.63, 3.8) is 0 Å². The minimum Gasteiger partial charge on any atom is -0.354 e. The maximum Gasteiger partial charge on any atom is 0.244 e. The van der Waals surface area contributed by atoms with Crippen LogP contribution in [0.2, 0.25) is 5.02 Å². The fraction of sp³-hybridized carbons (Fsp3) is 0.462. The van der Waals surface area contributed by atoms with E-state index < -0.39 is 28.5 Å². The zero-order valence-electron chi connectivity index (χ0n) is 21.0. The summed E-state index contributed by atoms with van der Waals surface area (Å²) in [6.45, 7) is 6.04. The molecule has 35 heavy (non-hydrogen) atoms. The molecule has 1 atom stereocenters. The summed E-state index contributed by atoms with van der Waals surface area (Å²) in [4.78, 5) is 28.1. The molecule has 0 aromatic heterocycles. The molecule has 0 saturated heterocycles. The summed E-state index contributed by atoms with van der Waals surface area (Å²) in [5.41, 5.74) is 2.04. The van der Waals surface area contributed by atoms with Crippen LogP contribution in [0.25, 0.3) is 0 Å². The number of nitrogens with zero attached hydrogens (tertiary/aromatic N) is 2. The molecule has 1 unspecified atom stereocenters. The van der Waals surface area contributed by atoms with Crippen molar-refractivity contribution in [1.29, 1.82) is 0 Å². The van der Waals surface area contributed by atoms with E-state index >= 15 is 0 Å². The minimum absolute atomic E-state index is 0.229. The number of carbonyl (C=O) groups excluding carboxylic acids is 2. The molecule has 9 heteroatoms. The van der Waals surface area contributed by atoms with Crippen molar-refractivity contribution < 1.29 is 18.0 Å². The molecule has 1 N–H and O–H groups in total. The Labute approximate surface area is 214 Å². The van der Waals surface area contributed by atoms with E-state index in [1.54, 1.807) is 19.1 Å². The number of anilines is 1. The summed E-state index contributed by atoms with van der Waals surface area (Å²) in [7, 11) is -3.80. The van der Waals surface area contributed by atoms with Gasteiger partial charge in [0.15, 0.2) is 0 Å². The molecular weight excluding hydrogens is 486 g/mol. The zero-order valence-corrected chi connectivity index (χ0v) is 22.5. The van der Waals surface area contributed by atoms with Gasteiger partial charge in [-0.15, -0.1) is 0 Å². The molecule has 0 aliphatic heterocycles. The second-order valence-electron chi connectivity index (χ2n) is 8.59. The lowest BCUT2D eigenvalue weighted by molar-refractivity contribution is -0.139. The smallest absolute Gasteiger partial charge is 0.244 e. The molecular formula is C26H36ClN3O4S. The van der Waals surface area contributed by atoms with Gasteiger partial charge in [0.05, 0.1) is 11.9 Å². The fourth-order valence-electron chi connectivity index (χ4n) is 3.85. The van der Waals surface area contributed by atoms with E-state index in [-0.39, 0.29) is 12.5 Å². The number of halogens is 1. The maximum absolute atomic E-state index is 13.6. The highest BCUT2D eigenvalue weighted by Gasteiger charge is 2.31. The van der Waals surface area contributed by atoms with Crippen LogP contribution in [0.5, 0.6) is 0 Å². The molecule has 0 heterocycles. The van der Waals surface area contributed by atoms with E-state index in [1.165, 1.54) is 11.0 Å².